The van der Waals surface area contributed by atoms with Crippen LogP contribution in [0, 0.1) is 12.7 Å². The van der Waals surface area contributed by atoms with E-state index in [1.165, 1.54) is 17.0 Å². The zero-order valence-corrected chi connectivity index (χ0v) is 18.8. The van der Waals surface area contributed by atoms with Gasteiger partial charge in [0, 0.05) is 34.6 Å². The van der Waals surface area contributed by atoms with E-state index < -0.39 is 18.0 Å². The van der Waals surface area contributed by atoms with Crippen LogP contribution in [0.3, 0.4) is 0 Å². The summed E-state index contributed by atoms with van der Waals surface area (Å²) in [7, 11) is 0. The van der Waals surface area contributed by atoms with E-state index in [1.807, 2.05) is 0 Å². The highest BCUT2D eigenvalue weighted by atomic mass is 19.1. The third kappa shape index (κ3) is 5.63. The number of nitrogens with one attached hydrogen (secondary N) is 1. The van der Waals surface area contributed by atoms with Crippen LogP contribution in [0.25, 0.3) is 27.6 Å². The van der Waals surface area contributed by atoms with Crippen LogP contribution < -0.4 is 10.2 Å². The number of cyclic esters (lactones) is 1. The normalized spacial score (nSPS) is 15.1. The number of halogens is 1. The number of aryl methyl sites for hydroxylation is 1. The number of nitrogens with zero attached hydrogens (tertiary/aromatic N) is 5. The molecular weight excluding hydrogens is 451 g/mol. The lowest BCUT2D eigenvalue weighted by atomic mass is 10.1. The zero-order chi connectivity index (χ0) is 24.8. The van der Waals surface area contributed by atoms with Gasteiger partial charge in [-0.2, -0.15) is 0 Å². The molecular formula is C25H21FN6O3. The van der Waals surface area contributed by atoms with E-state index in [0.29, 0.717) is 22.5 Å². The molecule has 0 spiro atoms. The predicted octanol–water partition coefficient (Wildman–Crippen LogP) is 5.29. The molecule has 2 heterocycles. The Balaban J connectivity index is 1.33. The molecule has 1 aromatic heterocycles. The van der Waals surface area contributed by atoms with E-state index in [0.717, 1.165) is 11.1 Å². The molecule has 176 valence electrons. The maximum Gasteiger partial charge on any atom is 0.414 e. The highest BCUT2D eigenvalue weighted by molar-refractivity contribution is 5.92. The van der Waals surface area contributed by atoms with Crippen LogP contribution in [0.2, 0.25) is 0 Å². The summed E-state index contributed by atoms with van der Waals surface area (Å²) < 4.78 is 20.0. The number of aromatic nitrogens is 1. The largest absolute Gasteiger partial charge is 0.442 e. The summed E-state index contributed by atoms with van der Waals surface area (Å²) in [5.41, 5.74) is 12.1. The third-order valence-corrected chi connectivity index (χ3v) is 5.43. The van der Waals surface area contributed by atoms with Crippen LogP contribution in [0.1, 0.15) is 11.1 Å². The highest BCUT2D eigenvalue weighted by Gasteiger charge is 2.32. The van der Waals surface area contributed by atoms with Gasteiger partial charge >= 0.3 is 6.09 Å². The number of azide groups is 1. The number of carbonyl (C=O) groups excluding carboxylic acids is 2. The van der Waals surface area contributed by atoms with E-state index in [9.17, 15) is 14.0 Å². The van der Waals surface area contributed by atoms with E-state index in [1.54, 1.807) is 67.9 Å². The number of rotatable bonds is 7. The van der Waals surface area contributed by atoms with E-state index >= 15 is 0 Å². The molecule has 1 aliphatic heterocycles. The van der Waals surface area contributed by atoms with Gasteiger partial charge in [-0.25, -0.2) is 9.18 Å². The summed E-state index contributed by atoms with van der Waals surface area (Å²) >= 11 is 0. The van der Waals surface area contributed by atoms with Crippen molar-refractivity contribution in [1.29, 1.82) is 0 Å². The van der Waals surface area contributed by atoms with E-state index in [2.05, 4.69) is 20.3 Å². The fraction of sp³-hybridized carbons (Fsp3) is 0.160. The lowest BCUT2D eigenvalue weighted by Crippen LogP contribution is -2.33. The van der Waals surface area contributed by atoms with Crippen molar-refractivity contribution in [3.8, 4) is 11.1 Å². The summed E-state index contributed by atoms with van der Waals surface area (Å²) in [6.07, 6.45) is 4.97. The number of pyridine rings is 1. The van der Waals surface area contributed by atoms with Crippen molar-refractivity contribution in [2.45, 2.75) is 13.0 Å². The average molecular weight is 472 g/mol. The van der Waals surface area contributed by atoms with Gasteiger partial charge in [0.25, 0.3) is 0 Å². The molecule has 2 aromatic carbocycles. The minimum atomic E-state index is -0.605. The van der Waals surface area contributed by atoms with Crippen LogP contribution >= 0.6 is 0 Å². The quantitative estimate of drug-likeness (QED) is 0.217. The fourth-order valence-electron chi connectivity index (χ4n) is 3.66. The molecule has 10 heteroatoms. The molecule has 1 aliphatic rings. The SMILES string of the molecule is Cc1cc(/C=C/C(=O)NC[C@H]2CN(c3ccc(-c4ccncc4)c(F)c3)C(=O)O2)ccc1N=[N+]=[N-]. The van der Waals surface area contributed by atoms with Crippen molar-refractivity contribution in [3.63, 3.8) is 0 Å². The van der Waals surface area contributed by atoms with E-state index in [-0.39, 0.29) is 19.0 Å². The molecule has 1 saturated heterocycles. The summed E-state index contributed by atoms with van der Waals surface area (Å²) in [6, 6.07) is 13.2. The predicted molar refractivity (Wildman–Crippen MR) is 129 cm³/mol. The van der Waals surface area contributed by atoms with Gasteiger partial charge in [0.15, 0.2) is 0 Å². The molecule has 1 atom stereocenters. The molecule has 0 saturated carbocycles. The van der Waals surface area contributed by atoms with Gasteiger partial charge in [0.2, 0.25) is 5.91 Å². The zero-order valence-electron chi connectivity index (χ0n) is 18.8. The molecule has 1 fully saturated rings. The number of hydrogen-bond acceptors (Lipinski definition) is 5. The van der Waals surface area contributed by atoms with Gasteiger partial charge in [0.05, 0.1) is 18.8 Å². The van der Waals surface area contributed by atoms with Crippen molar-refractivity contribution in [3.05, 3.63) is 94.4 Å². The number of benzene rings is 2. The molecule has 35 heavy (non-hydrogen) atoms. The number of hydrogen-bond donors (Lipinski definition) is 1. The Morgan fingerprint density at radius 1 is 1.29 bits per heavy atom. The summed E-state index contributed by atoms with van der Waals surface area (Å²) in [6.45, 7) is 2.09. The number of carbonyl (C=O) groups is 2. The van der Waals surface area contributed by atoms with Crippen molar-refractivity contribution in [2.24, 2.45) is 5.11 Å². The Morgan fingerprint density at radius 2 is 2.09 bits per heavy atom. The van der Waals surface area contributed by atoms with Gasteiger partial charge in [-0.1, -0.05) is 23.3 Å². The summed E-state index contributed by atoms with van der Waals surface area (Å²) in [5.74, 6) is -0.824. The molecule has 4 rings (SSSR count). The minimum absolute atomic E-state index is 0.109. The Kier molecular flexibility index (Phi) is 7.04. The number of ether oxygens (including phenoxy) is 1. The van der Waals surface area contributed by atoms with Gasteiger partial charge in [-0.05, 0) is 65.6 Å². The summed E-state index contributed by atoms with van der Waals surface area (Å²) in [5, 5.41) is 6.28. The van der Waals surface area contributed by atoms with Gasteiger partial charge in [0.1, 0.15) is 11.9 Å². The molecule has 0 unspecified atom stereocenters. The van der Waals surface area contributed by atoms with Crippen molar-refractivity contribution in [2.75, 3.05) is 18.0 Å². The third-order valence-electron chi connectivity index (χ3n) is 5.43. The number of anilines is 1. The Bertz CT molecular complexity index is 1340. The Hall–Kier alpha value is -4.69. The van der Waals surface area contributed by atoms with Gasteiger partial charge < -0.3 is 10.1 Å². The van der Waals surface area contributed by atoms with Crippen LogP contribution in [0.5, 0.6) is 0 Å². The first kappa shape index (κ1) is 23.5. The van der Waals surface area contributed by atoms with Crippen molar-refractivity contribution in [1.82, 2.24) is 10.3 Å². The maximum atomic E-state index is 14.7. The maximum absolute atomic E-state index is 14.7. The molecule has 0 bridgehead atoms. The van der Waals surface area contributed by atoms with Crippen molar-refractivity contribution >= 4 is 29.5 Å². The minimum Gasteiger partial charge on any atom is -0.442 e. The molecule has 2 amide bonds. The first-order valence-electron chi connectivity index (χ1n) is 10.7. The van der Waals surface area contributed by atoms with Crippen LogP contribution in [0.15, 0.2) is 72.1 Å². The lowest BCUT2D eigenvalue weighted by molar-refractivity contribution is -0.116. The summed E-state index contributed by atoms with van der Waals surface area (Å²) in [4.78, 5) is 32.6. The molecule has 0 radical (unpaired) electrons. The fourth-order valence-corrected chi connectivity index (χ4v) is 3.66. The Morgan fingerprint density at radius 3 is 2.80 bits per heavy atom. The molecule has 1 N–H and O–H groups in total. The van der Waals surface area contributed by atoms with Gasteiger partial charge in [-0.3, -0.25) is 14.7 Å². The average Bonchev–Trinajstić information content (AvgIpc) is 3.24. The smallest absolute Gasteiger partial charge is 0.414 e. The van der Waals surface area contributed by atoms with Crippen molar-refractivity contribution < 1.29 is 18.7 Å². The second kappa shape index (κ2) is 10.5. The lowest BCUT2D eigenvalue weighted by Gasteiger charge is -2.14. The van der Waals surface area contributed by atoms with Crippen LogP contribution in [0.4, 0.5) is 20.6 Å². The second-order valence-electron chi connectivity index (χ2n) is 7.83. The highest BCUT2D eigenvalue weighted by Crippen LogP contribution is 2.28. The molecule has 3 aromatic rings. The van der Waals surface area contributed by atoms with Crippen LogP contribution in [-0.2, 0) is 9.53 Å². The standard InChI is InChI=1S/C25H21FN6O3/c1-16-12-17(2-6-23(16)30-31-27)3-7-24(33)29-14-20-15-32(25(34)35-20)19-4-5-21(22(26)13-19)18-8-10-28-11-9-18/h2-13,20H,14-15H2,1H3,(H,29,33)/b7-3+/t20-/m0/s1. The Labute approximate surface area is 200 Å². The number of amides is 2. The first-order chi connectivity index (χ1) is 16.9. The van der Waals surface area contributed by atoms with Crippen LogP contribution in [-0.4, -0.2) is 36.2 Å². The molecule has 9 nitrogen and oxygen atoms in total. The first-order valence-corrected chi connectivity index (χ1v) is 10.7. The van der Waals surface area contributed by atoms with Gasteiger partial charge in [-0.15, -0.1) is 0 Å². The monoisotopic (exact) mass is 472 g/mol. The topological polar surface area (TPSA) is 120 Å². The molecule has 0 aliphatic carbocycles. The van der Waals surface area contributed by atoms with E-state index in [4.69, 9.17) is 10.3 Å². The second-order valence-corrected chi connectivity index (χ2v) is 7.83.